The van der Waals surface area contributed by atoms with Gasteiger partial charge in [0.2, 0.25) is 0 Å². The second-order valence-corrected chi connectivity index (χ2v) is 27.1. The van der Waals surface area contributed by atoms with Crippen LogP contribution in [0, 0.1) is 25.0 Å². The molecule has 3 nitrogen and oxygen atoms in total. The Hall–Kier alpha value is -3.83. The van der Waals surface area contributed by atoms with Gasteiger partial charge < -0.3 is 9.40 Å². The Morgan fingerprint density at radius 3 is 2.28 bits per heavy atom. The molecule has 0 bridgehead atoms. The van der Waals surface area contributed by atoms with Crippen LogP contribution in [0.1, 0.15) is 63.1 Å². The van der Waals surface area contributed by atoms with Crippen LogP contribution in [0.4, 0.5) is 0 Å². The zero-order valence-corrected chi connectivity index (χ0v) is 36.6. The molecular formula is C48H50GeIrN2O-2. The molecule has 8 rings (SSSR count). The first-order valence-electron chi connectivity index (χ1n) is 18.8. The normalized spacial score (nSPS) is 13.5. The van der Waals surface area contributed by atoms with Gasteiger partial charge in [-0.05, 0) is 46.7 Å². The summed E-state index contributed by atoms with van der Waals surface area (Å²) in [6.07, 6.45) is 11.0. The predicted molar refractivity (Wildman–Crippen MR) is 222 cm³/mol. The van der Waals surface area contributed by atoms with E-state index in [4.69, 9.17) is 14.4 Å². The summed E-state index contributed by atoms with van der Waals surface area (Å²) in [6, 6.07) is 40.4. The maximum Gasteiger partial charge on any atom is 0 e. The number of rotatable bonds is 6. The Labute approximate surface area is 332 Å². The molecule has 0 amide bonds. The van der Waals surface area contributed by atoms with Crippen LogP contribution in [0.2, 0.25) is 17.3 Å². The van der Waals surface area contributed by atoms with Gasteiger partial charge >= 0.3 is 137 Å². The zero-order chi connectivity index (χ0) is 36.5. The molecule has 273 valence electrons. The van der Waals surface area contributed by atoms with Crippen molar-refractivity contribution in [2.24, 2.45) is 5.92 Å². The predicted octanol–water partition coefficient (Wildman–Crippen LogP) is 12.5. The number of hydrogen-bond acceptors (Lipinski definition) is 3. The van der Waals surface area contributed by atoms with Crippen molar-refractivity contribution in [2.45, 2.75) is 82.5 Å². The molecule has 0 unspecified atom stereocenters. The third-order valence-electron chi connectivity index (χ3n) is 10.4. The van der Waals surface area contributed by atoms with E-state index in [2.05, 4.69) is 136 Å². The molecule has 1 fully saturated rings. The van der Waals surface area contributed by atoms with Gasteiger partial charge in [-0.1, -0.05) is 85.8 Å². The number of aryl methyl sites for hydroxylation is 1. The topological polar surface area (TPSA) is 38.9 Å². The molecule has 5 heteroatoms. The number of aromatic nitrogens is 2. The molecule has 1 aliphatic carbocycles. The van der Waals surface area contributed by atoms with Gasteiger partial charge in [-0.15, -0.1) is 17.7 Å². The third kappa shape index (κ3) is 8.78. The van der Waals surface area contributed by atoms with Gasteiger partial charge in [0.25, 0.3) is 0 Å². The van der Waals surface area contributed by atoms with E-state index in [0.29, 0.717) is 0 Å². The van der Waals surface area contributed by atoms with Crippen LogP contribution in [0.25, 0.3) is 55.6 Å². The molecule has 0 saturated heterocycles. The fraction of sp³-hybridized carbons (Fsp3) is 0.292. The summed E-state index contributed by atoms with van der Waals surface area (Å²) in [5.74, 6) is 8.31. The third-order valence-corrected chi connectivity index (χ3v) is 14.8. The summed E-state index contributed by atoms with van der Waals surface area (Å²) < 4.78 is 8.02. The number of fused-ring (bicyclic) bond motifs is 3. The van der Waals surface area contributed by atoms with Crippen molar-refractivity contribution >= 4 is 39.6 Å². The maximum atomic E-state index is 6.43. The van der Waals surface area contributed by atoms with Crippen molar-refractivity contribution < 1.29 is 24.5 Å². The van der Waals surface area contributed by atoms with Crippen LogP contribution in [0.15, 0.2) is 114 Å². The second kappa shape index (κ2) is 16.3. The van der Waals surface area contributed by atoms with Crippen molar-refractivity contribution in [2.75, 3.05) is 0 Å². The van der Waals surface area contributed by atoms with Crippen LogP contribution in [-0.2, 0) is 31.9 Å². The standard InChI is InChI=1S/C28H24NO.C20H26GeN.Ir/c1-18-10-11-23-25(16-18)30-27-21(19-8-6-5-7-9-19)12-13-22(26(23)27)24-17-20(14-15-29-24)28(2,3)4;1-21(2,3)19-15-22-20(17-11-5-4-6-12-17)14-18(19)13-16-9-7-8-10-16;/h5-12,14-17H,1-4H3;4-6,11,14-16H,7-10,13H2,1-3H3;/q2*-1;. The molecule has 0 aliphatic heterocycles. The summed E-state index contributed by atoms with van der Waals surface area (Å²) in [5, 5.41) is 2.17. The first kappa shape index (κ1) is 38.9. The number of hydrogen-bond donors (Lipinski definition) is 0. The molecular weight excluding hydrogens is 885 g/mol. The van der Waals surface area contributed by atoms with Crippen molar-refractivity contribution in [3.05, 3.63) is 138 Å². The van der Waals surface area contributed by atoms with Gasteiger partial charge in [-0.2, -0.15) is 0 Å². The van der Waals surface area contributed by atoms with E-state index in [1.165, 1.54) is 43.2 Å². The quantitative estimate of drug-likeness (QED) is 0.123. The van der Waals surface area contributed by atoms with Crippen LogP contribution >= 0.6 is 0 Å². The van der Waals surface area contributed by atoms with Crippen LogP contribution in [0.3, 0.4) is 0 Å². The summed E-state index contributed by atoms with van der Waals surface area (Å²) >= 11 is -1.87. The average molecular weight is 936 g/mol. The van der Waals surface area contributed by atoms with E-state index >= 15 is 0 Å². The Bertz CT molecular complexity index is 2310. The number of furan rings is 1. The molecule has 53 heavy (non-hydrogen) atoms. The largest absolute Gasteiger partial charge is 0 e. The van der Waals surface area contributed by atoms with E-state index in [1.54, 1.807) is 9.96 Å². The molecule has 0 N–H and O–H groups in total. The average Bonchev–Trinajstić information content (AvgIpc) is 3.79. The monoisotopic (exact) mass is 937 g/mol. The van der Waals surface area contributed by atoms with Gasteiger partial charge in [0.1, 0.15) is 5.58 Å². The number of benzene rings is 4. The summed E-state index contributed by atoms with van der Waals surface area (Å²) in [7, 11) is 0. The van der Waals surface area contributed by atoms with E-state index < -0.39 is 13.3 Å². The first-order valence-corrected chi connectivity index (χ1v) is 26.2. The molecule has 0 spiro atoms. The van der Waals surface area contributed by atoms with Gasteiger partial charge in [-0.25, -0.2) is 0 Å². The number of nitrogens with zero attached hydrogens (tertiary/aromatic N) is 2. The van der Waals surface area contributed by atoms with E-state index in [1.807, 2.05) is 30.5 Å². The molecule has 3 heterocycles. The number of pyridine rings is 2. The van der Waals surface area contributed by atoms with Crippen LogP contribution in [-0.4, -0.2) is 23.2 Å². The van der Waals surface area contributed by atoms with E-state index in [9.17, 15) is 0 Å². The van der Waals surface area contributed by atoms with E-state index in [-0.39, 0.29) is 25.5 Å². The SMILES string of the molecule is Cc1ccc2c(c1)oc1c(-c3ccccc3)c[c-]c(-c3cc(C(C)(C)C)ccn3)c12.[CH3][Ge]([CH3])([CH3])[c]1cnc(-c2[c-]cccc2)cc1CC1CCCC1.[Ir]. The minimum atomic E-state index is -1.87. The summed E-state index contributed by atoms with van der Waals surface area (Å²) in [6.45, 7) is 8.76. The first-order chi connectivity index (χ1) is 25.0. The van der Waals surface area contributed by atoms with Crippen molar-refractivity contribution in [3.8, 4) is 33.6 Å². The molecule has 1 aliphatic rings. The summed E-state index contributed by atoms with van der Waals surface area (Å²) in [4.78, 5) is 9.47. The maximum absolute atomic E-state index is 6.43. The van der Waals surface area contributed by atoms with Gasteiger partial charge in [0.15, 0.2) is 0 Å². The summed E-state index contributed by atoms with van der Waals surface area (Å²) in [5.41, 5.74) is 12.1. The van der Waals surface area contributed by atoms with Crippen LogP contribution < -0.4 is 4.40 Å². The van der Waals surface area contributed by atoms with Gasteiger partial charge in [0.05, 0.1) is 5.58 Å². The van der Waals surface area contributed by atoms with Gasteiger partial charge in [-0.3, -0.25) is 0 Å². The molecule has 0 atom stereocenters. The molecule has 1 saturated carbocycles. The Morgan fingerprint density at radius 1 is 0.830 bits per heavy atom. The Balaban J connectivity index is 0.000000187. The molecule has 4 aromatic carbocycles. The zero-order valence-electron chi connectivity index (χ0n) is 32.1. The molecule has 7 aromatic rings. The fourth-order valence-electron chi connectivity index (χ4n) is 7.56. The second-order valence-electron chi connectivity index (χ2n) is 16.5. The minimum absolute atomic E-state index is 0. The fourth-order valence-corrected chi connectivity index (χ4v) is 10.9. The Morgan fingerprint density at radius 2 is 1.58 bits per heavy atom. The molecule has 1 radical (unpaired) electrons. The van der Waals surface area contributed by atoms with Crippen molar-refractivity contribution in [1.29, 1.82) is 0 Å². The van der Waals surface area contributed by atoms with Gasteiger partial charge in [0, 0.05) is 26.3 Å². The van der Waals surface area contributed by atoms with Crippen LogP contribution in [0.5, 0.6) is 0 Å². The van der Waals surface area contributed by atoms with Crippen molar-refractivity contribution in [3.63, 3.8) is 0 Å². The molecule has 3 aromatic heterocycles. The van der Waals surface area contributed by atoms with E-state index in [0.717, 1.165) is 61.5 Å². The minimum Gasteiger partial charge on any atom is 0 e. The Kier molecular flexibility index (Phi) is 11.9. The van der Waals surface area contributed by atoms with Crippen molar-refractivity contribution in [1.82, 2.24) is 9.97 Å². The smallest absolute Gasteiger partial charge is 0 e.